The maximum Gasteiger partial charge on any atom is 0.257 e. The van der Waals surface area contributed by atoms with Crippen molar-refractivity contribution in [2.75, 3.05) is 0 Å². The van der Waals surface area contributed by atoms with Gasteiger partial charge in [-0.05, 0) is 30.4 Å². The highest BCUT2D eigenvalue weighted by molar-refractivity contribution is 6.41. The van der Waals surface area contributed by atoms with Crippen LogP contribution in [0.25, 0.3) is 5.57 Å². The van der Waals surface area contributed by atoms with Gasteiger partial charge in [0.25, 0.3) is 5.79 Å². The van der Waals surface area contributed by atoms with E-state index in [1.807, 2.05) is 0 Å². The average Bonchev–Trinajstić information content (AvgIpc) is 2.63. The predicted molar refractivity (Wildman–Crippen MR) is 90.2 cm³/mol. The predicted octanol–water partition coefficient (Wildman–Crippen LogP) is 1.82. The summed E-state index contributed by atoms with van der Waals surface area (Å²) in [5, 5.41) is 31.1. The Morgan fingerprint density at radius 2 is 1.59 bits per heavy atom. The Labute approximate surface area is 151 Å². The highest BCUT2D eigenvalue weighted by Crippen LogP contribution is 2.50. The summed E-state index contributed by atoms with van der Waals surface area (Å²) >= 11 is 0. The van der Waals surface area contributed by atoms with E-state index in [0.717, 1.165) is 12.2 Å². The van der Waals surface area contributed by atoms with E-state index in [1.54, 1.807) is 0 Å². The number of aliphatic hydroxyl groups is 1. The van der Waals surface area contributed by atoms with Crippen molar-refractivity contribution in [1.82, 2.24) is 0 Å². The summed E-state index contributed by atoms with van der Waals surface area (Å²) in [5.74, 6) is -5.27. The zero-order valence-electron chi connectivity index (χ0n) is 13.5. The second-order valence-electron chi connectivity index (χ2n) is 6.44. The minimum absolute atomic E-state index is 0.00714. The molecule has 0 radical (unpaired) electrons. The Bertz CT molecular complexity index is 1190. The molecule has 0 amide bonds. The summed E-state index contributed by atoms with van der Waals surface area (Å²) in [7, 11) is 0. The van der Waals surface area contributed by atoms with Gasteiger partial charge in [-0.2, -0.15) is 0 Å². The lowest BCUT2D eigenvalue weighted by atomic mass is 9.76. The molecule has 3 aliphatic rings. The van der Waals surface area contributed by atoms with Gasteiger partial charge in [0, 0.05) is 11.1 Å². The van der Waals surface area contributed by atoms with Gasteiger partial charge in [0.05, 0.1) is 22.3 Å². The molecule has 1 atom stereocenters. The van der Waals surface area contributed by atoms with Crippen LogP contribution in [0.2, 0.25) is 0 Å². The third-order valence-electron chi connectivity index (χ3n) is 4.95. The van der Waals surface area contributed by atoms with Crippen molar-refractivity contribution in [2.24, 2.45) is 0 Å². The Kier molecular flexibility index (Phi) is 2.71. The average molecular weight is 362 g/mol. The van der Waals surface area contributed by atoms with Crippen LogP contribution >= 0.6 is 0 Å². The minimum atomic E-state index is -2.20. The van der Waals surface area contributed by atoms with E-state index in [9.17, 15) is 29.7 Å². The zero-order chi connectivity index (χ0) is 19.1. The van der Waals surface area contributed by atoms with Gasteiger partial charge in [0.1, 0.15) is 11.5 Å². The molecule has 0 spiro atoms. The minimum Gasteiger partial charge on any atom is -0.507 e. The number of hydrogen-bond donors (Lipinski definition) is 3. The van der Waals surface area contributed by atoms with Crippen LogP contribution in [0.15, 0.2) is 48.2 Å². The molecular weight excluding hydrogens is 352 g/mol. The van der Waals surface area contributed by atoms with Gasteiger partial charge in [0.15, 0.2) is 17.3 Å². The fourth-order valence-corrected chi connectivity index (χ4v) is 3.79. The highest BCUT2D eigenvalue weighted by Gasteiger charge is 2.50. The van der Waals surface area contributed by atoms with Gasteiger partial charge >= 0.3 is 0 Å². The fourth-order valence-electron chi connectivity index (χ4n) is 3.79. The number of phenolic OH excluding ortho intramolecular Hbond substituents is 2. The maximum absolute atomic E-state index is 13.1. The molecule has 1 heterocycles. The van der Waals surface area contributed by atoms with E-state index >= 15 is 0 Å². The molecule has 2 aliphatic carbocycles. The third-order valence-corrected chi connectivity index (χ3v) is 4.95. The number of hydrogen-bond acceptors (Lipinski definition) is 7. The van der Waals surface area contributed by atoms with Crippen LogP contribution < -0.4 is 0 Å². The van der Waals surface area contributed by atoms with E-state index in [0.29, 0.717) is 0 Å². The molecule has 2 aromatic carbocycles. The third kappa shape index (κ3) is 1.76. The van der Waals surface area contributed by atoms with Gasteiger partial charge in [-0.25, -0.2) is 0 Å². The van der Waals surface area contributed by atoms with Crippen molar-refractivity contribution in [3.8, 4) is 11.5 Å². The number of aromatic hydroxyl groups is 2. The van der Waals surface area contributed by atoms with Gasteiger partial charge in [-0.3, -0.25) is 14.4 Å². The number of fused-ring (bicyclic) bond motifs is 2. The molecule has 1 unspecified atom stereocenters. The van der Waals surface area contributed by atoms with Crippen LogP contribution in [0.5, 0.6) is 11.5 Å². The Balaban J connectivity index is 1.88. The second-order valence-corrected chi connectivity index (χ2v) is 6.44. The van der Waals surface area contributed by atoms with Gasteiger partial charge < -0.3 is 20.1 Å². The molecule has 0 bridgehead atoms. The molecule has 7 heteroatoms. The molecule has 0 saturated heterocycles. The molecule has 3 N–H and O–H groups in total. The molecule has 132 valence electrons. The zero-order valence-corrected chi connectivity index (χ0v) is 13.5. The highest BCUT2D eigenvalue weighted by atomic mass is 16.6. The normalized spacial score (nSPS) is 22.2. The molecule has 0 aromatic heterocycles. The van der Waals surface area contributed by atoms with Gasteiger partial charge in [0.2, 0.25) is 5.78 Å². The quantitative estimate of drug-likeness (QED) is 0.653. The Morgan fingerprint density at radius 3 is 2.37 bits per heavy atom. The first-order chi connectivity index (χ1) is 12.8. The Hall–Kier alpha value is -3.71. The molecule has 1 aliphatic heterocycles. The molecule has 5 rings (SSSR count). The molecular formula is C20H10O7. The van der Waals surface area contributed by atoms with Crippen LogP contribution in [-0.2, 0) is 10.5 Å². The maximum atomic E-state index is 13.1. The van der Waals surface area contributed by atoms with Crippen LogP contribution in [-0.4, -0.2) is 32.7 Å². The van der Waals surface area contributed by atoms with Crippen LogP contribution in [0.1, 0.15) is 42.2 Å². The van der Waals surface area contributed by atoms with E-state index in [1.165, 1.54) is 30.3 Å². The lowest BCUT2D eigenvalue weighted by Crippen LogP contribution is -2.40. The summed E-state index contributed by atoms with van der Waals surface area (Å²) in [6, 6.07) is 6.68. The summed E-state index contributed by atoms with van der Waals surface area (Å²) in [4.78, 5) is 38.2. The molecule has 27 heavy (non-hydrogen) atoms. The number of carbonyl (C=O) groups is 3. The molecule has 2 aromatic rings. The first-order valence-electron chi connectivity index (χ1n) is 8.01. The van der Waals surface area contributed by atoms with Crippen molar-refractivity contribution in [3.63, 3.8) is 0 Å². The number of allylic oxidation sites excluding steroid dienone is 3. The lowest BCUT2D eigenvalue weighted by molar-refractivity contribution is -0.145. The monoisotopic (exact) mass is 362 g/mol. The molecule has 0 saturated carbocycles. The topological polar surface area (TPSA) is 121 Å². The van der Waals surface area contributed by atoms with Crippen LogP contribution in [0, 0.1) is 0 Å². The van der Waals surface area contributed by atoms with Gasteiger partial charge in [-0.1, -0.05) is 12.1 Å². The van der Waals surface area contributed by atoms with E-state index < -0.39 is 28.9 Å². The van der Waals surface area contributed by atoms with Crippen molar-refractivity contribution < 1.29 is 34.4 Å². The number of ether oxygens (including phenoxy) is 1. The smallest absolute Gasteiger partial charge is 0.257 e. The largest absolute Gasteiger partial charge is 0.507 e. The fraction of sp³-hybridized carbons (Fsp3) is 0.0500. The molecule has 7 nitrogen and oxygen atoms in total. The van der Waals surface area contributed by atoms with Crippen molar-refractivity contribution in [1.29, 1.82) is 0 Å². The lowest BCUT2D eigenvalue weighted by Gasteiger charge is -2.38. The van der Waals surface area contributed by atoms with E-state index in [2.05, 4.69) is 0 Å². The van der Waals surface area contributed by atoms with Crippen molar-refractivity contribution in [2.45, 2.75) is 5.79 Å². The van der Waals surface area contributed by atoms with Crippen LogP contribution in [0.4, 0.5) is 0 Å². The van der Waals surface area contributed by atoms with Gasteiger partial charge in [-0.15, -0.1) is 0 Å². The number of benzene rings is 2. The van der Waals surface area contributed by atoms with E-state index in [-0.39, 0.29) is 44.9 Å². The number of ketones is 3. The summed E-state index contributed by atoms with van der Waals surface area (Å²) in [6.45, 7) is 0. The summed E-state index contributed by atoms with van der Waals surface area (Å²) in [6.07, 6.45) is 2.08. The van der Waals surface area contributed by atoms with Crippen LogP contribution in [0.3, 0.4) is 0 Å². The molecule has 0 fully saturated rings. The number of rotatable bonds is 0. The van der Waals surface area contributed by atoms with Crippen molar-refractivity contribution >= 4 is 22.9 Å². The second kappa shape index (κ2) is 4.72. The standard InChI is InChI=1S/C20H10O7/c21-10-3-1-2-9-13(10)18(25)19-14(17(9)24)8-4-5-11(22)15-12(23)6-7-20(26,27-19)16(8)15/h1-7,21-22,26H. The number of phenols is 2. The number of Topliss-reactive ketones (excluding diaryl/α,β-unsaturated/α-hetero) is 2. The summed E-state index contributed by atoms with van der Waals surface area (Å²) in [5.41, 5.74) is -0.487. The summed E-state index contributed by atoms with van der Waals surface area (Å²) < 4.78 is 5.49. The first-order valence-corrected chi connectivity index (χ1v) is 8.01. The SMILES string of the molecule is O=C1C2=C(OC3(O)C=CC(=O)c4c(O)ccc2c43)C(=O)c2c(O)cccc21. The first kappa shape index (κ1) is 15.5. The number of carbonyl (C=O) groups excluding carboxylic acids is 3. The van der Waals surface area contributed by atoms with Crippen molar-refractivity contribution in [3.05, 3.63) is 76.1 Å². The Morgan fingerprint density at radius 1 is 0.852 bits per heavy atom. The van der Waals surface area contributed by atoms with E-state index in [4.69, 9.17) is 4.74 Å².